The minimum Gasteiger partial charge on any atom is -0.347 e. The number of halogens is 1. The number of hydrogen-bond donors (Lipinski definition) is 1. The number of rotatable bonds is 3. The standard InChI is InChI=1S/C11H12ClN3O3/c1-11(3-2-4-11)14-10(16)7-5-9(12)13-6-8(7)15(17)18/h5-6H,2-4H2,1H3,(H,14,16). The molecular weight excluding hydrogens is 258 g/mol. The molecule has 0 bridgehead atoms. The van der Waals surface area contributed by atoms with Crippen molar-refractivity contribution in [2.75, 3.05) is 0 Å². The van der Waals surface area contributed by atoms with E-state index in [9.17, 15) is 14.9 Å². The monoisotopic (exact) mass is 269 g/mol. The lowest BCUT2D eigenvalue weighted by atomic mass is 9.78. The molecule has 1 aliphatic carbocycles. The number of nitrogens with one attached hydrogen (secondary N) is 1. The van der Waals surface area contributed by atoms with Crippen LogP contribution in [-0.2, 0) is 0 Å². The lowest BCUT2D eigenvalue weighted by Crippen LogP contribution is -2.51. The highest BCUT2D eigenvalue weighted by molar-refractivity contribution is 6.29. The fourth-order valence-corrected chi connectivity index (χ4v) is 2.08. The van der Waals surface area contributed by atoms with Crippen molar-refractivity contribution in [2.24, 2.45) is 0 Å². The van der Waals surface area contributed by atoms with E-state index in [0.29, 0.717) is 0 Å². The first-order chi connectivity index (χ1) is 8.41. The molecule has 7 heteroatoms. The molecule has 1 fully saturated rings. The van der Waals surface area contributed by atoms with Gasteiger partial charge in [-0.25, -0.2) is 4.98 Å². The van der Waals surface area contributed by atoms with E-state index in [-0.39, 0.29) is 21.9 Å². The zero-order chi connectivity index (χ0) is 13.3. The lowest BCUT2D eigenvalue weighted by Gasteiger charge is -2.39. The molecule has 1 aromatic heterocycles. The van der Waals surface area contributed by atoms with Crippen molar-refractivity contribution < 1.29 is 9.72 Å². The van der Waals surface area contributed by atoms with Crippen molar-refractivity contribution in [2.45, 2.75) is 31.7 Å². The number of aromatic nitrogens is 1. The van der Waals surface area contributed by atoms with Gasteiger partial charge in [-0.3, -0.25) is 14.9 Å². The molecule has 0 radical (unpaired) electrons. The molecule has 1 saturated carbocycles. The maximum atomic E-state index is 12.0. The Morgan fingerprint density at radius 1 is 1.61 bits per heavy atom. The van der Waals surface area contributed by atoms with Crippen LogP contribution >= 0.6 is 11.6 Å². The minimum atomic E-state index is -0.638. The fourth-order valence-electron chi connectivity index (χ4n) is 1.92. The van der Waals surface area contributed by atoms with Gasteiger partial charge in [0.25, 0.3) is 11.6 Å². The van der Waals surface area contributed by atoms with Gasteiger partial charge >= 0.3 is 0 Å². The molecule has 0 aliphatic heterocycles. The van der Waals surface area contributed by atoms with Crippen molar-refractivity contribution in [3.05, 3.63) is 33.1 Å². The summed E-state index contributed by atoms with van der Waals surface area (Å²) in [4.78, 5) is 25.8. The van der Waals surface area contributed by atoms with Crippen LogP contribution in [0.5, 0.6) is 0 Å². The first-order valence-corrected chi connectivity index (χ1v) is 5.91. The van der Waals surface area contributed by atoms with Gasteiger partial charge in [-0.05, 0) is 32.3 Å². The summed E-state index contributed by atoms with van der Waals surface area (Å²) < 4.78 is 0. The Morgan fingerprint density at radius 3 is 2.78 bits per heavy atom. The minimum absolute atomic E-state index is 0.0480. The van der Waals surface area contributed by atoms with Crippen LogP contribution in [0, 0.1) is 10.1 Å². The van der Waals surface area contributed by atoms with E-state index in [1.54, 1.807) is 0 Å². The van der Waals surface area contributed by atoms with Crippen LogP contribution in [0.1, 0.15) is 36.5 Å². The summed E-state index contributed by atoms with van der Waals surface area (Å²) in [6.07, 6.45) is 3.81. The zero-order valence-corrected chi connectivity index (χ0v) is 10.5. The Hall–Kier alpha value is -1.69. The number of nitrogens with zero attached hydrogens (tertiary/aromatic N) is 2. The topological polar surface area (TPSA) is 85.1 Å². The SMILES string of the molecule is CC1(NC(=O)c2cc(Cl)ncc2[N+](=O)[O-])CCC1. The zero-order valence-electron chi connectivity index (χ0n) is 9.77. The van der Waals surface area contributed by atoms with Gasteiger partial charge in [-0.15, -0.1) is 0 Å². The molecule has 0 aromatic carbocycles. The predicted molar refractivity (Wildman–Crippen MR) is 65.6 cm³/mol. The van der Waals surface area contributed by atoms with E-state index in [1.165, 1.54) is 6.07 Å². The second-order valence-corrected chi connectivity index (χ2v) is 5.04. The number of pyridine rings is 1. The van der Waals surface area contributed by atoms with Gasteiger partial charge in [-0.2, -0.15) is 0 Å². The quantitative estimate of drug-likeness (QED) is 0.518. The summed E-state index contributed by atoms with van der Waals surface area (Å²) in [6.45, 7) is 1.92. The second kappa shape index (κ2) is 4.53. The molecule has 1 amide bonds. The summed E-state index contributed by atoms with van der Waals surface area (Å²) in [5.41, 5.74) is -0.645. The lowest BCUT2D eigenvalue weighted by molar-refractivity contribution is -0.385. The average Bonchev–Trinajstić information content (AvgIpc) is 2.26. The maximum absolute atomic E-state index is 12.0. The molecule has 0 saturated heterocycles. The normalized spacial score (nSPS) is 16.8. The maximum Gasteiger partial charge on any atom is 0.300 e. The van der Waals surface area contributed by atoms with Gasteiger partial charge in [-0.1, -0.05) is 11.6 Å². The van der Waals surface area contributed by atoms with E-state index in [2.05, 4.69) is 10.3 Å². The number of carbonyl (C=O) groups excluding carboxylic acids is 1. The predicted octanol–water partition coefficient (Wildman–Crippen LogP) is 2.32. The number of hydrogen-bond acceptors (Lipinski definition) is 4. The molecule has 1 aromatic rings. The number of nitro groups is 1. The van der Waals surface area contributed by atoms with Gasteiger partial charge in [0.2, 0.25) is 0 Å². The fraction of sp³-hybridized carbons (Fsp3) is 0.455. The molecule has 1 aliphatic rings. The van der Waals surface area contributed by atoms with E-state index in [4.69, 9.17) is 11.6 Å². The summed E-state index contributed by atoms with van der Waals surface area (Å²) in [7, 11) is 0. The van der Waals surface area contributed by atoms with Crippen LogP contribution < -0.4 is 5.32 Å². The molecule has 0 unspecified atom stereocenters. The molecule has 96 valence electrons. The van der Waals surface area contributed by atoms with Gasteiger partial charge in [0.1, 0.15) is 16.9 Å². The highest BCUT2D eigenvalue weighted by Crippen LogP contribution is 2.32. The Kier molecular flexibility index (Phi) is 3.21. The first kappa shape index (κ1) is 12.8. The molecule has 18 heavy (non-hydrogen) atoms. The van der Waals surface area contributed by atoms with Crippen molar-refractivity contribution in [3.8, 4) is 0 Å². The Labute approximate surface area is 109 Å². The summed E-state index contributed by atoms with van der Waals surface area (Å²) in [5.74, 6) is -0.479. The molecule has 0 atom stereocenters. The highest BCUT2D eigenvalue weighted by atomic mass is 35.5. The molecule has 1 heterocycles. The summed E-state index contributed by atoms with van der Waals surface area (Å²) in [5, 5.41) is 13.7. The Balaban J connectivity index is 2.28. The average molecular weight is 270 g/mol. The van der Waals surface area contributed by atoms with Crippen molar-refractivity contribution in [1.29, 1.82) is 0 Å². The summed E-state index contributed by atoms with van der Waals surface area (Å²) in [6, 6.07) is 1.22. The van der Waals surface area contributed by atoms with Crippen LogP contribution in [0.25, 0.3) is 0 Å². The van der Waals surface area contributed by atoms with Gasteiger partial charge in [0.05, 0.1) is 4.92 Å². The largest absolute Gasteiger partial charge is 0.347 e. The molecular formula is C11H12ClN3O3. The van der Waals surface area contributed by atoms with Gasteiger partial charge < -0.3 is 5.32 Å². The Bertz CT molecular complexity index is 514. The highest BCUT2D eigenvalue weighted by Gasteiger charge is 2.35. The van der Waals surface area contributed by atoms with Crippen LogP contribution in [0.15, 0.2) is 12.3 Å². The van der Waals surface area contributed by atoms with Crippen LogP contribution in [-0.4, -0.2) is 21.4 Å². The molecule has 1 N–H and O–H groups in total. The van der Waals surface area contributed by atoms with Crippen LogP contribution in [0.4, 0.5) is 5.69 Å². The third kappa shape index (κ3) is 2.43. The van der Waals surface area contributed by atoms with Crippen LogP contribution in [0.3, 0.4) is 0 Å². The van der Waals surface area contributed by atoms with E-state index >= 15 is 0 Å². The summed E-state index contributed by atoms with van der Waals surface area (Å²) >= 11 is 5.67. The van der Waals surface area contributed by atoms with Crippen molar-refractivity contribution >= 4 is 23.2 Å². The number of amides is 1. The Morgan fingerprint density at radius 2 is 2.28 bits per heavy atom. The first-order valence-electron chi connectivity index (χ1n) is 5.54. The smallest absolute Gasteiger partial charge is 0.300 e. The van der Waals surface area contributed by atoms with Crippen LogP contribution in [0.2, 0.25) is 5.15 Å². The van der Waals surface area contributed by atoms with E-state index in [1.807, 2.05) is 6.92 Å². The molecule has 0 spiro atoms. The van der Waals surface area contributed by atoms with E-state index < -0.39 is 10.8 Å². The number of carbonyl (C=O) groups is 1. The van der Waals surface area contributed by atoms with Gasteiger partial charge in [0, 0.05) is 5.54 Å². The van der Waals surface area contributed by atoms with Crippen molar-refractivity contribution in [1.82, 2.24) is 10.3 Å². The molecule has 6 nitrogen and oxygen atoms in total. The second-order valence-electron chi connectivity index (χ2n) is 4.65. The van der Waals surface area contributed by atoms with E-state index in [0.717, 1.165) is 25.5 Å². The third-order valence-corrected chi connectivity index (χ3v) is 3.37. The molecule has 2 rings (SSSR count). The van der Waals surface area contributed by atoms with Crippen molar-refractivity contribution in [3.63, 3.8) is 0 Å². The van der Waals surface area contributed by atoms with Gasteiger partial charge in [0.15, 0.2) is 0 Å². The third-order valence-electron chi connectivity index (χ3n) is 3.16.